The van der Waals surface area contributed by atoms with Gasteiger partial charge in [0.05, 0.1) is 44.6 Å². The molecule has 3 aromatic rings. The lowest BCUT2D eigenvalue weighted by Crippen LogP contribution is -2.38. The predicted molar refractivity (Wildman–Crippen MR) is 158 cm³/mol. The van der Waals surface area contributed by atoms with E-state index >= 15 is 0 Å². The molecule has 2 aliphatic rings. The second-order valence-corrected chi connectivity index (χ2v) is 12.1. The topological polar surface area (TPSA) is 153 Å². The minimum atomic E-state index is -0.486. The van der Waals surface area contributed by atoms with Crippen LogP contribution in [-0.2, 0) is 9.59 Å². The quantitative estimate of drug-likeness (QED) is 0.325. The normalized spacial score (nSPS) is 16.8. The second kappa shape index (κ2) is 12.2. The number of anilines is 2. The summed E-state index contributed by atoms with van der Waals surface area (Å²) in [6.07, 6.45) is 1.73. The van der Waals surface area contributed by atoms with Crippen LogP contribution in [0.15, 0.2) is 56.6 Å². The van der Waals surface area contributed by atoms with Crippen molar-refractivity contribution in [3.05, 3.63) is 57.2 Å². The molecule has 0 radical (unpaired) electrons. The monoisotopic (exact) mass is 610 g/mol. The SMILES string of the molecule is COc1cc(NC(=O)CSc2nnc(N3C(N)=C(C#N)C(c4cccs4)C4=C3CCCC4=O)s2)cc(OC)c1OC. The summed E-state index contributed by atoms with van der Waals surface area (Å²) in [5, 5.41) is 23.8. The van der Waals surface area contributed by atoms with Crippen molar-refractivity contribution in [3.63, 3.8) is 0 Å². The summed E-state index contributed by atoms with van der Waals surface area (Å²) in [7, 11) is 4.51. The first-order valence-corrected chi connectivity index (χ1v) is 15.1. The zero-order valence-corrected chi connectivity index (χ0v) is 24.9. The van der Waals surface area contributed by atoms with Crippen LogP contribution in [0.4, 0.5) is 10.8 Å². The van der Waals surface area contributed by atoms with Gasteiger partial charge in [0, 0.05) is 40.4 Å². The summed E-state index contributed by atoms with van der Waals surface area (Å²) in [6.45, 7) is 0. The molecular formula is C27H26N6O5S3. The van der Waals surface area contributed by atoms with Crippen LogP contribution in [0.1, 0.15) is 30.1 Å². The third-order valence-electron chi connectivity index (χ3n) is 6.60. The molecule has 1 aliphatic carbocycles. The summed E-state index contributed by atoms with van der Waals surface area (Å²) in [5.74, 6) is 0.824. The van der Waals surface area contributed by atoms with Crippen molar-refractivity contribution in [1.82, 2.24) is 10.2 Å². The van der Waals surface area contributed by atoms with E-state index in [2.05, 4.69) is 21.6 Å². The fraction of sp³-hybridized carbons (Fsp3) is 0.296. The van der Waals surface area contributed by atoms with Crippen molar-refractivity contribution in [2.75, 3.05) is 37.3 Å². The van der Waals surface area contributed by atoms with Crippen LogP contribution in [0.5, 0.6) is 17.2 Å². The van der Waals surface area contributed by atoms with Gasteiger partial charge in [0.1, 0.15) is 5.82 Å². The number of benzene rings is 1. The highest BCUT2D eigenvalue weighted by Gasteiger charge is 2.41. The summed E-state index contributed by atoms with van der Waals surface area (Å²) >= 11 is 3.95. The van der Waals surface area contributed by atoms with Gasteiger partial charge in [-0.15, -0.1) is 21.5 Å². The minimum absolute atomic E-state index is 0.0116. The molecule has 0 saturated carbocycles. The average molecular weight is 611 g/mol. The fourth-order valence-corrected chi connectivity index (χ4v) is 7.40. The maximum Gasteiger partial charge on any atom is 0.234 e. The number of thiophene rings is 1. The van der Waals surface area contributed by atoms with E-state index in [4.69, 9.17) is 19.9 Å². The number of nitriles is 1. The van der Waals surface area contributed by atoms with Gasteiger partial charge in [0.2, 0.25) is 16.8 Å². The number of Topliss-reactive ketones (excluding diaryl/α,β-unsaturated/α-hetero) is 1. The van der Waals surface area contributed by atoms with E-state index in [1.165, 1.54) is 55.8 Å². The highest BCUT2D eigenvalue weighted by Crippen LogP contribution is 2.48. The van der Waals surface area contributed by atoms with Crippen LogP contribution in [0.2, 0.25) is 0 Å². The van der Waals surface area contributed by atoms with Crippen molar-refractivity contribution in [1.29, 1.82) is 5.26 Å². The Morgan fingerprint density at radius 2 is 1.98 bits per heavy atom. The van der Waals surface area contributed by atoms with E-state index in [1.54, 1.807) is 17.0 Å². The highest BCUT2D eigenvalue weighted by molar-refractivity contribution is 8.01. The van der Waals surface area contributed by atoms with Crippen LogP contribution in [0.3, 0.4) is 0 Å². The predicted octanol–water partition coefficient (Wildman–Crippen LogP) is 4.66. The third-order valence-corrected chi connectivity index (χ3v) is 9.58. The summed E-state index contributed by atoms with van der Waals surface area (Å²) in [4.78, 5) is 28.5. The van der Waals surface area contributed by atoms with Gasteiger partial charge in [-0.1, -0.05) is 29.2 Å². The number of nitrogens with two attached hydrogens (primary N) is 1. The Hall–Kier alpha value is -4.06. The first-order valence-electron chi connectivity index (χ1n) is 12.5. The number of nitrogens with one attached hydrogen (secondary N) is 1. The molecule has 1 unspecified atom stereocenters. The van der Waals surface area contributed by atoms with Crippen LogP contribution >= 0.6 is 34.4 Å². The molecule has 1 aliphatic heterocycles. The van der Waals surface area contributed by atoms with Gasteiger partial charge in [0.25, 0.3) is 0 Å². The number of aromatic nitrogens is 2. The number of ketones is 1. The molecule has 1 atom stereocenters. The zero-order valence-electron chi connectivity index (χ0n) is 22.4. The van der Waals surface area contributed by atoms with Gasteiger partial charge >= 0.3 is 0 Å². The lowest BCUT2D eigenvalue weighted by atomic mass is 9.78. The number of nitrogens with zero attached hydrogens (tertiary/aromatic N) is 4. The maximum atomic E-state index is 13.2. The zero-order chi connectivity index (χ0) is 29.1. The van der Waals surface area contributed by atoms with E-state index in [0.717, 1.165) is 10.6 Å². The minimum Gasteiger partial charge on any atom is -0.493 e. The van der Waals surface area contributed by atoms with E-state index in [-0.39, 0.29) is 23.3 Å². The van der Waals surface area contributed by atoms with E-state index in [1.807, 2.05) is 17.5 Å². The number of methoxy groups -OCH3 is 3. The molecule has 0 spiro atoms. The van der Waals surface area contributed by atoms with E-state index in [0.29, 0.717) is 62.8 Å². The number of thioether (sulfide) groups is 1. The van der Waals surface area contributed by atoms with Gasteiger partial charge in [-0.3, -0.25) is 14.5 Å². The first kappa shape index (κ1) is 28.5. The molecule has 1 amide bonds. The summed E-state index contributed by atoms with van der Waals surface area (Å²) < 4.78 is 16.6. The summed E-state index contributed by atoms with van der Waals surface area (Å²) in [5.41, 5.74) is 8.73. The van der Waals surface area contributed by atoms with Gasteiger partial charge in [-0.05, 0) is 24.3 Å². The number of carbonyl (C=O) groups is 2. The Labute approximate surface area is 248 Å². The molecule has 0 bridgehead atoms. The second-order valence-electron chi connectivity index (χ2n) is 8.93. The van der Waals surface area contributed by atoms with Gasteiger partial charge in [-0.25, -0.2) is 0 Å². The Bertz CT molecular complexity index is 1570. The molecule has 0 saturated heterocycles. The van der Waals surface area contributed by atoms with Crippen molar-refractivity contribution < 1.29 is 23.8 Å². The van der Waals surface area contributed by atoms with Crippen molar-refractivity contribution in [2.45, 2.75) is 29.5 Å². The van der Waals surface area contributed by atoms with Gasteiger partial charge < -0.3 is 25.3 Å². The van der Waals surface area contributed by atoms with Gasteiger partial charge in [-0.2, -0.15) is 5.26 Å². The molecule has 41 heavy (non-hydrogen) atoms. The van der Waals surface area contributed by atoms with E-state index in [9.17, 15) is 14.9 Å². The lowest BCUT2D eigenvalue weighted by Gasteiger charge is -2.37. The standard InChI is InChI=1S/C27H26N6O5S3/c1-36-18-10-14(11-19(37-2)24(18)38-3)30-21(35)13-40-27-32-31-26(41-27)33-16-6-4-7-17(34)23(16)22(15(12-28)25(33)29)20-8-5-9-39-20/h5,8-11,22H,4,6-7,13,29H2,1-3H3,(H,30,35). The number of hydrogen-bond donors (Lipinski definition) is 2. The molecule has 1 aromatic carbocycles. The van der Waals surface area contributed by atoms with Crippen molar-refractivity contribution in [3.8, 4) is 23.3 Å². The van der Waals surface area contributed by atoms with Crippen LogP contribution in [-0.4, -0.2) is 49.0 Å². The molecule has 3 heterocycles. The molecule has 2 aromatic heterocycles. The number of allylic oxidation sites excluding steroid dienone is 3. The van der Waals surface area contributed by atoms with Crippen molar-refractivity contribution >= 4 is 56.9 Å². The van der Waals surface area contributed by atoms with Crippen LogP contribution < -0.4 is 30.2 Å². The Morgan fingerprint density at radius 3 is 2.61 bits per heavy atom. The molecule has 11 nitrogen and oxygen atoms in total. The van der Waals surface area contributed by atoms with Gasteiger partial charge in [0.15, 0.2) is 21.6 Å². The lowest BCUT2D eigenvalue weighted by molar-refractivity contribution is -0.116. The van der Waals surface area contributed by atoms with Crippen LogP contribution in [0.25, 0.3) is 0 Å². The molecule has 14 heteroatoms. The number of rotatable bonds is 9. The molecule has 5 rings (SSSR count). The average Bonchev–Trinajstić information content (AvgIpc) is 3.68. The van der Waals surface area contributed by atoms with Crippen LogP contribution in [0, 0.1) is 11.3 Å². The Kier molecular flexibility index (Phi) is 8.48. The highest BCUT2D eigenvalue weighted by atomic mass is 32.2. The first-order chi connectivity index (χ1) is 19.9. The molecular weight excluding hydrogens is 585 g/mol. The molecule has 0 fully saturated rings. The third kappa shape index (κ3) is 5.48. The van der Waals surface area contributed by atoms with E-state index < -0.39 is 5.92 Å². The molecule has 3 N–H and O–H groups in total. The fourth-order valence-electron chi connectivity index (χ4n) is 4.87. The van der Waals surface area contributed by atoms with Crippen molar-refractivity contribution in [2.24, 2.45) is 5.73 Å². The Morgan fingerprint density at radius 1 is 1.22 bits per heavy atom. The number of hydrogen-bond acceptors (Lipinski definition) is 13. The number of amides is 1. The number of ether oxygens (including phenoxy) is 3. The summed E-state index contributed by atoms with van der Waals surface area (Å²) in [6, 6.07) is 9.35. The largest absolute Gasteiger partial charge is 0.493 e. The smallest absolute Gasteiger partial charge is 0.234 e. The number of carbonyl (C=O) groups excluding carboxylic acids is 2. The maximum absolute atomic E-state index is 13.2. The Balaban J connectivity index is 1.36. The molecule has 212 valence electrons.